The van der Waals surface area contributed by atoms with E-state index >= 15 is 0 Å². The Labute approximate surface area is 87.7 Å². The molecule has 0 amide bonds. The fourth-order valence-corrected chi connectivity index (χ4v) is 1.91. The van der Waals surface area contributed by atoms with Crippen molar-refractivity contribution in [3.05, 3.63) is 0 Å². The predicted molar refractivity (Wildman–Crippen MR) is 61.4 cm³/mol. The van der Waals surface area contributed by atoms with Gasteiger partial charge in [0.15, 0.2) is 0 Å². The van der Waals surface area contributed by atoms with E-state index in [1.807, 2.05) is 7.05 Å². The summed E-state index contributed by atoms with van der Waals surface area (Å²) in [5.74, 6) is 1.48. The molecule has 0 saturated carbocycles. The van der Waals surface area contributed by atoms with Gasteiger partial charge in [0, 0.05) is 13.1 Å². The molecule has 2 nitrogen and oxygen atoms in total. The lowest BCUT2D eigenvalue weighted by molar-refractivity contribution is 0.160. The molecule has 0 heterocycles. The Morgan fingerprint density at radius 1 is 1.38 bits per heavy atom. The molecule has 13 heavy (non-hydrogen) atoms. The lowest BCUT2D eigenvalue weighted by Gasteiger charge is -2.32. The van der Waals surface area contributed by atoms with Gasteiger partial charge in [0.25, 0.3) is 0 Å². The van der Waals surface area contributed by atoms with Gasteiger partial charge in [-0.2, -0.15) is 12.6 Å². The van der Waals surface area contributed by atoms with Crippen molar-refractivity contribution in [1.29, 1.82) is 0 Å². The third-order valence-electron chi connectivity index (χ3n) is 2.46. The topological polar surface area (TPSA) is 23.5 Å². The highest BCUT2D eigenvalue weighted by molar-refractivity contribution is 7.80. The first kappa shape index (κ1) is 13.3. The Hall–Kier alpha value is 0.270. The highest BCUT2D eigenvalue weighted by Crippen LogP contribution is 2.27. The van der Waals surface area contributed by atoms with Crippen molar-refractivity contribution >= 4 is 12.6 Å². The zero-order chi connectivity index (χ0) is 10.5. The molecule has 0 spiro atoms. The first-order valence-corrected chi connectivity index (χ1v) is 5.45. The van der Waals surface area contributed by atoms with Crippen LogP contribution in [0, 0.1) is 11.3 Å². The van der Waals surface area contributed by atoms with E-state index in [-0.39, 0.29) is 6.61 Å². The molecule has 0 aliphatic rings. The maximum atomic E-state index is 8.76. The Morgan fingerprint density at radius 3 is 2.23 bits per heavy atom. The maximum Gasteiger partial charge on any atom is 0.0558 e. The Balaban J connectivity index is 3.98. The summed E-state index contributed by atoms with van der Waals surface area (Å²) in [6.45, 7) is 8.70. The van der Waals surface area contributed by atoms with Crippen LogP contribution < -0.4 is 0 Å². The Bertz CT molecular complexity index is 133. The van der Waals surface area contributed by atoms with Gasteiger partial charge < -0.3 is 10.0 Å². The normalized spacial score (nSPS) is 15.0. The lowest BCUT2D eigenvalue weighted by Crippen LogP contribution is -2.35. The molecule has 0 fully saturated rings. The van der Waals surface area contributed by atoms with Crippen LogP contribution in [0.25, 0.3) is 0 Å². The SMILES string of the molecule is CN(CCO)CC(CS)C(C)(C)C. The second-order valence-corrected chi connectivity index (χ2v) is 5.10. The lowest BCUT2D eigenvalue weighted by atomic mass is 9.81. The van der Waals surface area contributed by atoms with E-state index in [0.29, 0.717) is 11.3 Å². The molecule has 0 aromatic heterocycles. The Kier molecular flexibility index (Phi) is 6.01. The van der Waals surface area contributed by atoms with Gasteiger partial charge in [0.2, 0.25) is 0 Å². The summed E-state index contributed by atoms with van der Waals surface area (Å²) in [4.78, 5) is 2.16. The van der Waals surface area contributed by atoms with Gasteiger partial charge in [-0.3, -0.25) is 0 Å². The van der Waals surface area contributed by atoms with Crippen LogP contribution in [-0.4, -0.2) is 42.5 Å². The van der Waals surface area contributed by atoms with Crippen LogP contribution >= 0.6 is 12.6 Å². The van der Waals surface area contributed by atoms with Crippen molar-refractivity contribution in [3.63, 3.8) is 0 Å². The van der Waals surface area contributed by atoms with Gasteiger partial charge >= 0.3 is 0 Å². The van der Waals surface area contributed by atoms with Gasteiger partial charge in [-0.05, 0) is 24.1 Å². The van der Waals surface area contributed by atoms with Gasteiger partial charge in [-0.25, -0.2) is 0 Å². The van der Waals surface area contributed by atoms with Crippen molar-refractivity contribution < 1.29 is 5.11 Å². The fraction of sp³-hybridized carbons (Fsp3) is 1.00. The molecule has 0 aromatic rings. The van der Waals surface area contributed by atoms with E-state index in [2.05, 4.69) is 38.3 Å². The molecule has 80 valence electrons. The summed E-state index contributed by atoms with van der Waals surface area (Å²) in [5, 5.41) is 8.76. The third kappa shape index (κ3) is 5.55. The molecular weight excluding hydrogens is 182 g/mol. The summed E-state index contributed by atoms with van der Waals surface area (Å²) >= 11 is 4.36. The van der Waals surface area contributed by atoms with Crippen LogP contribution in [0.15, 0.2) is 0 Å². The zero-order valence-corrected chi connectivity index (χ0v) is 10.1. The fourth-order valence-electron chi connectivity index (χ4n) is 1.24. The molecule has 3 heteroatoms. The van der Waals surface area contributed by atoms with Crippen molar-refractivity contribution in [1.82, 2.24) is 4.90 Å². The summed E-state index contributed by atoms with van der Waals surface area (Å²) in [6, 6.07) is 0. The first-order chi connectivity index (χ1) is 5.91. The van der Waals surface area contributed by atoms with Gasteiger partial charge in [0.1, 0.15) is 0 Å². The number of hydrogen-bond donors (Lipinski definition) is 2. The molecule has 0 bridgehead atoms. The number of thiol groups is 1. The van der Waals surface area contributed by atoms with Crippen LogP contribution in [0.4, 0.5) is 0 Å². The van der Waals surface area contributed by atoms with Crippen LogP contribution in [0.1, 0.15) is 20.8 Å². The van der Waals surface area contributed by atoms with Crippen molar-refractivity contribution in [2.24, 2.45) is 11.3 Å². The van der Waals surface area contributed by atoms with Crippen LogP contribution in [0.3, 0.4) is 0 Å². The molecule has 0 aromatic carbocycles. The van der Waals surface area contributed by atoms with Crippen molar-refractivity contribution in [2.45, 2.75) is 20.8 Å². The van der Waals surface area contributed by atoms with E-state index < -0.39 is 0 Å². The summed E-state index contributed by atoms with van der Waals surface area (Å²) in [7, 11) is 2.04. The summed E-state index contributed by atoms with van der Waals surface area (Å²) in [5.41, 5.74) is 0.297. The predicted octanol–water partition coefficient (Wildman–Crippen LogP) is 1.50. The molecule has 1 N–H and O–H groups in total. The van der Waals surface area contributed by atoms with E-state index in [1.54, 1.807) is 0 Å². The molecule has 0 aliphatic carbocycles. The van der Waals surface area contributed by atoms with Gasteiger partial charge in [0.05, 0.1) is 6.61 Å². The molecule has 0 aliphatic heterocycles. The minimum atomic E-state index is 0.236. The summed E-state index contributed by atoms with van der Waals surface area (Å²) in [6.07, 6.45) is 0. The highest BCUT2D eigenvalue weighted by atomic mass is 32.1. The van der Waals surface area contributed by atoms with Crippen molar-refractivity contribution in [2.75, 3.05) is 32.5 Å². The van der Waals surface area contributed by atoms with E-state index in [0.717, 1.165) is 18.8 Å². The number of aliphatic hydroxyl groups is 1. The molecule has 0 saturated heterocycles. The number of hydrogen-bond acceptors (Lipinski definition) is 3. The maximum absolute atomic E-state index is 8.76. The number of likely N-dealkylation sites (N-methyl/N-ethyl adjacent to an activating group) is 1. The second-order valence-electron chi connectivity index (χ2n) is 4.73. The molecule has 1 atom stereocenters. The first-order valence-electron chi connectivity index (χ1n) is 4.82. The number of nitrogens with zero attached hydrogens (tertiary/aromatic N) is 1. The smallest absolute Gasteiger partial charge is 0.0558 e. The molecule has 0 radical (unpaired) electrons. The van der Waals surface area contributed by atoms with Crippen molar-refractivity contribution in [3.8, 4) is 0 Å². The largest absolute Gasteiger partial charge is 0.395 e. The highest BCUT2D eigenvalue weighted by Gasteiger charge is 2.24. The second kappa shape index (κ2) is 5.89. The zero-order valence-electron chi connectivity index (χ0n) is 9.25. The van der Waals surface area contributed by atoms with E-state index in [9.17, 15) is 0 Å². The molecular formula is C10H23NOS. The van der Waals surface area contributed by atoms with Crippen LogP contribution in [0.2, 0.25) is 0 Å². The Morgan fingerprint density at radius 2 is 1.92 bits per heavy atom. The minimum absolute atomic E-state index is 0.236. The van der Waals surface area contributed by atoms with E-state index in [4.69, 9.17) is 5.11 Å². The standard InChI is InChI=1S/C10H23NOS/c1-10(2,3)9(8-13)7-11(4)5-6-12/h9,12-13H,5-8H2,1-4H3. The number of aliphatic hydroxyl groups excluding tert-OH is 1. The summed E-state index contributed by atoms with van der Waals surface area (Å²) < 4.78 is 0. The van der Waals surface area contributed by atoms with Gasteiger partial charge in [-0.1, -0.05) is 20.8 Å². The number of rotatable bonds is 5. The van der Waals surface area contributed by atoms with Crippen LogP contribution in [0.5, 0.6) is 0 Å². The van der Waals surface area contributed by atoms with E-state index in [1.165, 1.54) is 0 Å². The molecule has 1 unspecified atom stereocenters. The quantitative estimate of drug-likeness (QED) is 0.665. The molecule has 0 rings (SSSR count). The minimum Gasteiger partial charge on any atom is -0.395 e. The van der Waals surface area contributed by atoms with Crippen LogP contribution in [-0.2, 0) is 0 Å². The average molecular weight is 205 g/mol. The third-order valence-corrected chi connectivity index (χ3v) is 2.90. The monoisotopic (exact) mass is 205 g/mol. The average Bonchev–Trinajstić information content (AvgIpc) is 1.98. The van der Waals surface area contributed by atoms with Gasteiger partial charge in [-0.15, -0.1) is 0 Å².